The molecule has 0 bridgehead atoms. The highest BCUT2D eigenvalue weighted by Crippen LogP contribution is 2.30. The number of nitrogens with one attached hydrogen (secondary N) is 1. The highest BCUT2D eigenvalue weighted by Gasteiger charge is 2.40. The summed E-state index contributed by atoms with van der Waals surface area (Å²) in [6.07, 6.45) is 0.549. The van der Waals surface area contributed by atoms with Gasteiger partial charge in [0.2, 0.25) is 0 Å². The van der Waals surface area contributed by atoms with E-state index in [1.807, 2.05) is 69.3 Å². The van der Waals surface area contributed by atoms with E-state index in [9.17, 15) is 9.59 Å². The summed E-state index contributed by atoms with van der Waals surface area (Å²) >= 11 is 9.70. The van der Waals surface area contributed by atoms with Crippen LogP contribution in [0.5, 0.6) is 0 Å². The number of carbonyl (C=O) groups is 2. The van der Waals surface area contributed by atoms with Gasteiger partial charge in [-0.15, -0.1) is 0 Å². The molecule has 2 aromatic carbocycles. The van der Waals surface area contributed by atoms with E-state index in [4.69, 9.17) is 21.1 Å². The zero-order valence-corrected chi connectivity index (χ0v) is 20.2. The molecule has 0 spiro atoms. The Morgan fingerprint density at radius 2 is 1.90 bits per heavy atom. The van der Waals surface area contributed by atoms with Gasteiger partial charge in [0.25, 0.3) is 0 Å². The molecule has 31 heavy (non-hydrogen) atoms. The van der Waals surface area contributed by atoms with E-state index in [2.05, 4.69) is 21.2 Å². The van der Waals surface area contributed by atoms with E-state index in [0.717, 1.165) is 15.6 Å². The van der Waals surface area contributed by atoms with Crippen LogP contribution in [0.15, 0.2) is 53.0 Å². The third-order valence-electron chi connectivity index (χ3n) is 5.06. The first kappa shape index (κ1) is 23.6. The first-order valence-electron chi connectivity index (χ1n) is 10.3. The van der Waals surface area contributed by atoms with Gasteiger partial charge in [-0.3, -0.25) is 4.79 Å². The Bertz CT molecular complexity index is 926. The zero-order valence-electron chi connectivity index (χ0n) is 17.9. The van der Waals surface area contributed by atoms with Gasteiger partial charge in [0.1, 0.15) is 11.7 Å². The number of cyclic esters (lactones) is 1. The van der Waals surface area contributed by atoms with Gasteiger partial charge < -0.3 is 14.8 Å². The molecule has 3 atom stereocenters. The third-order valence-corrected chi connectivity index (χ3v) is 5.96. The fourth-order valence-corrected chi connectivity index (χ4v) is 4.10. The zero-order chi connectivity index (χ0) is 22.6. The van der Waals surface area contributed by atoms with Crippen LogP contribution in [0.1, 0.15) is 38.3 Å². The number of hydrogen-bond acceptors (Lipinski definition) is 4. The molecule has 1 amide bonds. The first-order valence-corrected chi connectivity index (χ1v) is 11.5. The second-order valence-corrected chi connectivity index (χ2v) is 10.1. The van der Waals surface area contributed by atoms with E-state index in [1.54, 1.807) is 0 Å². The Hall–Kier alpha value is -2.05. The molecule has 0 aliphatic carbocycles. The number of rotatable bonds is 6. The number of benzene rings is 2. The van der Waals surface area contributed by atoms with Crippen LogP contribution in [0.25, 0.3) is 0 Å². The minimum atomic E-state index is -0.620. The lowest BCUT2D eigenvalue weighted by Gasteiger charge is -2.26. The number of alkyl carbamates (subject to hydrolysis) is 1. The van der Waals surface area contributed by atoms with Crippen LogP contribution in [-0.4, -0.2) is 29.8 Å². The van der Waals surface area contributed by atoms with Crippen LogP contribution >= 0.6 is 27.5 Å². The van der Waals surface area contributed by atoms with Gasteiger partial charge in [-0.25, -0.2) is 4.79 Å². The monoisotopic (exact) mass is 507 g/mol. The maximum Gasteiger partial charge on any atom is 0.408 e. The highest BCUT2D eigenvalue weighted by molar-refractivity contribution is 9.10. The number of hydrogen-bond donors (Lipinski definition) is 1. The molecule has 2 aromatic rings. The largest absolute Gasteiger partial charge is 0.460 e. The van der Waals surface area contributed by atoms with Crippen molar-refractivity contribution in [3.63, 3.8) is 0 Å². The molecule has 0 unspecified atom stereocenters. The van der Waals surface area contributed by atoms with E-state index in [0.29, 0.717) is 24.3 Å². The van der Waals surface area contributed by atoms with Gasteiger partial charge in [0.15, 0.2) is 0 Å². The Balaban J connectivity index is 1.74. The van der Waals surface area contributed by atoms with Gasteiger partial charge in [0.05, 0.1) is 12.0 Å². The number of ether oxygens (including phenoxy) is 2. The normalized spacial score (nSPS) is 19.6. The van der Waals surface area contributed by atoms with Crippen molar-refractivity contribution >= 4 is 39.6 Å². The fraction of sp³-hybridized carbons (Fsp3) is 0.417. The summed E-state index contributed by atoms with van der Waals surface area (Å²) in [5, 5.41) is 3.55. The van der Waals surface area contributed by atoms with Crippen molar-refractivity contribution in [2.24, 2.45) is 5.92 Å². The molecule has 1 aliphatic rings. The molecule has 1 aliphatic heterocycles. The van der Waals surface area contributed by atoms with Gasteiger partial charge in [0, 0.05) is 15.9 Å². The number of amides is 1. The van der Waals surface area contributed by atoms with Gasteiger partial charge in [-0.05, 0) is 62.9 Å². The van der Waals surface area contributed by atoms with Crippen molar-refractivity contribution in [1.29, 1.82) is 0 Å². The van der Waals surface area contributed by atoms with Crippen LogP contribution in [0.2, 0.25) is 5.02 Å². The van der Waals surface area contributed by atoms with Crippen molar-refractivity contribution in [3.8, 4) is 0 Å². The first-order chi connectivity index (χ1) is 14.6. The van der Waals surface area contributed by atoms with Crippen molar-refractivity contribution in [2.75, 3.05) is 0 Å². The molecule has 1 heterocycles. The molecule has 0 saturated carbocycles. The molecule has 5 nitrogen and oxygen atoms in total. The summed E-state index contributed by atoms with van der Waals surface area (Å²) in [5.41, 5.74) is 1.32. The topological polar surface area (TPSA) is 64.6 Å². The van der Waals surface area contributed by atoms with E-state index >= 15 is 0 Å². The molecule has 7 heteroatoms. The van der Waals surface area contributed by atoms with Gasteiger partial charge >= 0.3 is 12.1 Å². The molecular weight excluding hydrogens is 482 g/mol. The Labute approximate surface area is 196 Å². The highest BCUT2D eigenvalue weighted by atomic mass is 79.9. The molecule has 1 fully saturated rings. The van der Waals surface area contributed by atoms with Crippen molar-refractivity contribution < 1.29 is 19.1 Å². The number of halogens is 2. The molecule has 0 aromatic heterocycles. The molecule has 166 valence electrons. The standard InChI is InChI=1S/C24H27BrClNO4/c1-24(2,3)31-23(29)27-20(12-15-8-10-18(25)11-9-15)21-14-17(22(28)30-21)13-16-6-4-5-7-19(16)26/h4-11,17,20-21H,12-14H2,1-3H3,(H,27,29)/t17-,20+,21+/m1/s1. The van der Waals surface area contributed by atoms with Crippen LogP contribution in [-0.2, 0) is 27.1 Å². The second-order valence-electron chi connectivity index (χ2n) is 8.79. The maximum atomic E-state index is 12.6. The van der Waals surface area contributed by atoms with Crippen LogP contribution in [0, 0.1) is 5.92 Å². The Morgan fingerprint density at radius 1 is 1.23 bits per heavy atom. The minimum Gasteiger partial charge on any atom is -0.460 e. The Morgan fingerprint density at radius 3 is 2.55 bits per heavy atom. The third kappa shape index (κ3) is 6.97. The summed E-state index contributed by atoms with van der Waals surface area (Å²) in [6, 6.07) is 14.9. The molecule has 1 N–H and O–H groups in total. The van der Waals surface area contributed by atoms with Crippen molar-refractivity contribution in [3.05, 3.63) is 69.2 Å². The van der Waals surface area contributed by atoms with Crippen LogP contribution in [0.3, 0.4) is 0 Å². The quantitative estimate of drug-likeness (QED) is 0.507. The second kappa shape index (κ2) is 10.0. The van der Waals surface area contributed by atoms with Gasteiger partial charge in [-0.2, -0.15) is 0 Å². The van der Waals surface area contributed by atoms with Crippen molar-refractivity contribution in [1.82, 2.24) is 5.32 Å². The molecule has 3 rings (SSSR count). The van der Waals surface area contributed by atoms with E-state index in [1.165, 1.54) is 0 Å². The summed E-state index contributed by atoms with van der Waals surface area (Å²) in [5.74, 6) is -0.575. The van der Waals surface area contributed by atoms with E-state index < -0.39 is 23.8 Å². The maximum absolute atomic E-state index is 12.6. The summed E-state index contributed by atoms with van der Waals surface area (Å²) in [4.78, 5) is 25.1. The predicted molar refractivity (Wildman–Crippen MR) is 124 cm³/mol. The lowest BCUT2D eigenvalue weighted by molar-refractivity contribution is -0.145. The predicted octanol–water partition coefficient (Wildman–Crippen LogP) is 5.71. The number of carbonyl (C=O) groups excluding carboxylic acids is 2. The SMILES string of the molecule is CC(C)(C)OC(=O)N[C@@H](Cc1ccc(Br)cc1)[C@@H]1C[C@@H](Cc2ccccc2Cl)C(=O)O1. The fourth-order valence-electron chi connectivity index (χ4n) is 3.62. The summed E-state index contributed by atoms with van der Waals surface area (Å²) in [6.45, 7) is 5.43. The molecule has 1 saturated heterocycles. The summed E-state index contributed by atoms with van der Waals surface area (Å²) in [7, 11) is 0. The Kier molecular flexibility index (Phi) is 7.65. The summed E-state index contributed by atoms with van der Waals surface area (Å²) < 4.78 is 12.1. The lowest BCUT2D eigenvalue weighted by Crippen LogP contribution is -2.46. The average Bonchev–Trinajstić information content (AvgIpc) is 3.04. The average molecular weight is 509 g/mol. The minimum absolute atomic E-state index is 0.267. The van der Waals surface area contributed by atoms with Gasteiger partial charge in [-0.1, -0.05) is 57.9 Å². The van der Waals surface area contributed by atoms with Crippen LogP contribution in [0.4, 0.5) is 4.79 Å². The van der Waals surface area contributed by atoms with Crippen molar-refractivity contribution in [2.45, 2.75) is 57.8 Å². The van der Waals surface area contributed by atoms with Crippen LogP contribution < -0.4 is 5.32 Å². The molecule has 0 radical (unpaired) electrons. The lowest BCUT2D eigenvalue weighted by atomic mass is 9.92. The van der Waals surface area contributed by atoms with E-state index in [-0.39, 0.29) is 11.9 Å². The molecular formula is C24H27BrClNO4. The number of esters is 1. The smallest absolute Gasteiger partial charge is 0.408 e.